The molecule has 1 aromatic heterocycles. The van der Waals surface area contributed by atoms with E-state index >= 15 is 0 Å². The Hall–Kier alpha value is -2.62. The lowest BCUT2D eigenvalue weighted by Crippen LogP contribution is -2.48. The largest absolute Gasteiger partial charge is 0.370 e. The van der Waals surface area contributed by atoms with Crippen molar-refractivity contribution in [3.63, 3.8) is 0 Å². The van der Waals surface area contributed by atoms with Gasteiger partial charge in [-0.05, 0) is 6.92 Å². The zero-order valence-corrected chi connectivity index (χ0v) is 15.6. The molecule has 0 aliphatic carbocycles. The first kappa shape index (κ1) is 20.1. The van der Waals surface area contributed by atoms with Crippen LogP contribution in [-0.4, -0.2) is 46.9 Å². The second-order valence-corrected chi connectivity index (χ2v) is 6.37. The number of rotatable bonds is 4. The summed E-state index contributed by atoms with van der Waals surface area (Å²) >= 11 is 0. The van der Waals surface area contributed by atoms with Gasteiger partial charge in [0.1, 0.15) is 6.10 Å². The molecule has 0 spiro atoms. The standard InChI is InChI=1S/C18H21F4N5O/c1-3-23-18(24-8-12-16(21)13(19)6-14(20)17(12)22)27-4-5-28-15(10-27)11-7-25-26(2)9-11/h6-7,9,15H,3-5,8,10H2,1-2H3,(H,23,24). The lowest BCUT2D eigenvalue weighted by molar-refractivity contribution is -0.00805. The second-order valence-electron chi connectivity index (χ2n) is 6.37. The first-order chi connectivity index (χ1) is 13.4. The molecule has 152 valence electrons. The maximum Gasteiger partial charge on any atom is 0.194 e. The molecule has 1 aromatic carbocycles. The van der Waals surface area contributed by atoms with Gasteiger partial charge in [-0.3, -0.25) is 4.68 Å². The number of aryl methyl sites for hydroxylation is 1. The zero-order chi connectivity index (χ0) is 20.3. The Balaban J connectivity index is 1.81. The minimum Gasteiger partial charge on any atom is -0.370 e. The van der Waals surface area contributed by atoms with Crippen LogP contribution in [0.3, 0.4) is 0 Å². The molecular weight excluding hydrogens is 378 g/mol. The molecular formula is C18H21F4N5O. The van der Waals surface area contributed by atoms with E-state index in [1.54, 1.807) is 17.9 Å². The van der Waals surface area contributed by atoms with Gasteiger partial charge in [0.2, 0.25) is 0 Å². The quantitative estimate of drug-likeness (QED) is 0.372. The Bertz CT molecular complexity index is 844. The van der Waals surface area contributed by atoms with Crippen LogP contribution in [-0.2, 0) is 18.3 Å². The van der Waals surface area contributed by atoms with Crippen molar-refractivity contribution in [3.05, 3.63) is 52.9 Å². The van der Waals surface area contributed by atoms with Gasteiger partial charge in [-0.25, -0.2) is 22.6 Å². The molecule has 10 heteroatoms. The summed E-state index contributed by atoms with van der Waals surface area (Å²) in [5.41, 5.74) is 0.150. The van der Waals surface area contributed by atoms with Crippen LogP contribution in [0.4, 0.5) is 17.6 Å². The van der Waals surface area contributed by atoms with Gasteiger partial charge in [0.25, 0.3) is 0 Å². The summed E-state index contributed by atoms with van der Waals surface area (Å²) in [4.78, 5) is 6.06. The summed E-state index contributed by atoms with van der Waals surface area (Å²) in [5.74, 6) is -5.39. The van der Waals surface area contributed by atoms with Crippen molar-refractivity contribution in [3.8, 4) is 0 Å². The Morgan fingerprint density at radius 3 is 2.61 bits per heavy atom. The molecule has 1 atom stereocenters. The van der Waals surface area contributed by atoms with Gasteiger partial charge in [0.15, 0.2) is 29.2 Å². The number of morpholine rings is 1. The molecule has 6 nitrogen and oxygen atoms in total. The molecule has 2 heterocycles. The molecule has 2 aromatic rings. The van der Waals surface area contributed by atoms with E-state index in [4.69, 9.17) is 4.74 Å². The van der Waals surface area contributed by atoms with Crippen molar-refractivity contribution < 1.29 is 22.3 Å². The molecule has 28 heavy (non-hydrogen) atoms. The highest BCUT2D eigenvalue weighted by Gasteiger charge is 2.26. The van der Waals surface area contributed by atoms with Crippen molar-refractivity contribution in [2.75, 3.05) is 26.2 Å². The fourth-order valence-electron chi connectivity index (χ4n) is 2.99. The maximum absolute atomic E-state index is 13.9. The number of ether oxygens (including phenoxy) is 1. The third-order valence-corrected chi connectivity index (χ3v) is 4.39. The summed E-state index contributed by atoms with van der Waals surface area (Å²) in [6, 6.07) is 0.184. The lowest BCUT2D eigenvalue weighted by Gasteiger charge is -2.34. The van der Waals surface area contributed by atoms with Crippen LogP contribution in [0.1, 0.15) is 24.2 Å². The van der Waals surface area contributed by atoms with Crippen molar-refractivity contribution >= 4 is 5.96 Å². The lowest BCUT2D eigenvalue weighted by atomic mass is 10.1. The molecule has 0 amide bonds. The first-order valence-electron chi connectivity index (χ1n) is 8.86. The van der Waals surface area contributed by atoms with E-state index in [2.05, 4.69) is 15.4 Å². The molecule has 1 fully saturated rings. The fourth-order valence-corrected chi connectivity index (χ4v) is 2.99. The number of aliphatic imine (C=N–C) groups is 1. The van der Waals surface area contributed by atoms with Gasteiger partial charge in [0, 0.05) is 38.0 Å². The van der Waals surface area contributed by atoms with Gasteiger partial charge in [-0.2, -0.15) is 5.10 Å². The maximum atomic E-state index is 13.9. The number of aromatic nitrogens is 2. The fraction of sp³-hybridized carbons (Fsp3) is 0.444. The van der Waals surface area contributed by atoms with E-state index in [0.29, 0.717) is 32.2 Å². The summed E-state index contributed by atoms with van der Waals surface area (Å²) < 4.78 is 62.0. The van der Waals surface area contributed by atoms with Crippen LogP contribution in [0, 0.1) is 23.3 Å². The SMILES string of the molecule is CCNC(=NCc1c(F)c(F)cc(F)c1F)N1CCOC(c2cnn(C)c2)C1. The average molecular weight is 399 g/mol. The van der Waals surface area contributed by atoms with Gasteiger partial charge < -0.3 is 15.0 Å². The number of nitrogens with one attached hydrogen (secondary N) is 1. The number of hydrogen-bond donors (Lipinski definition) is 1. The summed E-state index contributed by atoms with van der Waals surface area (Å²) in [7, 11) is 1.80. The summed E-state index contributed by atoms with van der Waals surface area (Å²) in [6.07, 6.45) is 3.31. The predicted octanol–water partition coefficient (Wildman–Crippen LogP) is 2.52. The normalized spacial score (nSPS) is 17.9. The monoisotopic (exact) mass is 399 g/mol. The number of halogens is 4. The molecule has 0 saturated carbocycles. The molecule has 1 saturated heterocycles. The molecule has 0 bridgehead atoms. The van der Waals surface area contributed by atoms with E-state index in [1.165, 1.54) is 0 Å². The summed E-state index contributed by atoms with van der Waals surface area (Å²) in [6.45, 7) is 3.18. The number of nitrogens with zero attached hydrogens (tertiary/aromatic N) is 4. The summed E-state index contributed by atoms with van der Waals surface area (Å²) in [5, 5.41) is 7.16. The molecule has 1 aliphatic rings. The highest BCUT2D eigenvalue weighted by Crippen LogP contribution is 2.23. The van der Waals surface area contributed by atoms with Crippen LogP contribution < -0.4 is 5.32 Å². The van der Waals surface area contributed by atoms with E-state index in [1.807, 2.05) is 18.0 Å². The smallest absolute Gasteiger partial charge is 0.194 e. The van der Waals surface area contributed by atoms with Crippen molar-refractivity contribution in [1.82, 2.24) is 20.0 Å². The highest BCUT2D eigenvalue weighted by molar-refractivity contribution is 5.80. The molecule has 0 radical (unpaired) electrons. The predicted molar refractivity (Wildman–Crippen MR) is 94.6 cm³/mol. The van der Waals surface area contributed by atoms with Crippen molar-refractivity contribution in [1.29, 1.82) is 0 Å². The van der Waals surface area contributed by atoms with E-state index in [9.17, 15) is 17.6 Å². The highest BCUT2D eigenvalue weighted by atomic mass is 19.2. The number of hydrogen-bond acceptors (Lipinski definition) is 3. The Kier molecular flexibility index (Phi) is 6.18. The minimum atomic E-state index is -1.45. The third-order valence-electron chi connectivity index (χ3n) is 4.39. The van der Waals surface area contributed by atoms with Crippen molar-refractivity contribution in [2.45, 2.75) is 19.6 Å². The molecule has 1 aliphatic heterocycles. The second kappa shape index (κ2) is 8.59. The van der Waals surface area contributed by atoms with Crippen LogP contribution in [0.15, 0.2) is 23.5 Å². The van der Waals surface area contributed by atoms with Crippen molar-refractivity contribution in [2.24, 2.45) is 12.0 Å². The Morgan fingerprint density at radius 2 is 2.00 bits per heavy atom. The third kappa shape index (κ3) is 4.27. The molecule has 3 rings (SSSR count). The Morgan fingerprint density at radius 1 is 1.29 bits per heavy atom. The van der Waals surface area contributed by atoms with E-state index in [0.717, 1.165) is 5.56 Å². The van der Waals surface area contributed by atoms with Gasteiger partial charge in [-0.15, -0.1) is 0 Å². The number of benzene rings is 1. The van der Waals surface area contributed by atoms with Crippen LogP contribution >= 0.6 is 0 Å². The van der Waals surface area contributed by atoms with Gasteiger partial charge in [0.05, 0.1) is 31.5 Å². The average Bonchev–Trinajstić information content (AvgIpc) is 3.12. The molecule has 1 unspecified atom stereocenters. The zero-order valence-electron chi connectivity index (χ0n) is 15.6. The number of guanidine groups is 1. The molecule has 1 N–H and O–H groups in total. The van der Waals surface area contributed by atoms with Gasteiger partial charge >= 0.3 is 0 Å². The van der Waals surface area contributed by atoms with Crippen LogP contribution in [0.2, 0.25) is 0 Å². The van der Waals surface area contributed by atoms with Crippen LogP contribution in [0.25, 0.3) is 0 Å². The Labute approximate surface area is 159 Å². The van der Waals surface area contributed by atoms with E-state index in [-0.39, 0.29) is 12.2 Å². The van der Waals surface area contributed by atoms with Gasteiger partial charge in [-0.1, -0.05) is 0 Å². The van der Waals surface area contributed by atoms with Crippen LogP contribution in [0.5, 0.6) is 0 Å². The topological polar surface area (TPSA) is 54.7 Å². The first-order valence-corrected chi connectivity index (χ1v) is 8.86. The van der Waals surface area contributed by atoms with E-state index < -0.39 is 35.4 Å². The minimum absolute atomic E-state index is 0.184.